The van der Waals surface area contributed by atoms with Crippen LogP contribution in [0.25, 0.3) is 11.6 Å². The third kappa shape index (κ3) is 2.81. The maximum atomic E-state index is 9.74. The van der Waals surface area contributed by atoms with E-state index < -0.39 is 0 Å². The van der Waals surface area contributed by atoms with E-state index in [0.29, 0.717) is 17.7 Å². The number of ether oxygens (including phenoxy) is 1. The van der Waals surface area contributed by atoms with Crippen molar-refractivity contribution in [3.05, 3.63) is 70.8 Å². The number of hydrogen-bond donors (Lipinski definition) is 0. The van der Waals surface area contributed by atoms with Crippen LogP contribution in [0.1, 0.15) is 54.0 Å². The Balaban J connectivity index is 1.56. The molecule has 2 aromatic rings. The smallest absolute Gasteiger partial charge is 0.109 e. The second-order valence-corrected chi connectivity index (χ2v) is 8.05. The van der Waals surface area contributed by atoms with Crippen LogP contribution in [-0.4, -0.2) is 30.1 Å². The van der Waals surface area contributed by atoms with E-state index in [0.717, 1.165) is 29.5 Å². The zero-order valence-corrected chi connectivity index (χ0v) is 15.6. The van der Waals surface area contributed by atoms with E-state index >= 15 is 0 Å². The van der Waals surface area contributed by atoms with Crippen molar-refractivity contribution in [2.75, 3.05) is 7.05 Å². The molecular formula is C24H24N2O. The number of rotatable bonds is 2. The second kappa shape index (κ2) is 6.64. The van der Waals surface area contributed by atoms with Gasteiger partial charge in [-0.2, -0.15) is 5.26 Å². The monoisotopic (exact) mass is 356 g/mol. The van der Waals surface area contributed by atoms with Crippen molar-refractivity contribution in [2.45, 2.75) is 50.0 Å². The van der Waals surface area contributed by atoms with Crippen molar-refractivity contribution >= 4 is 11.6 Å². The van der Waals surface area contributed by atoms with Crippen molar-refractivity contribution < 1.29 is 4.74 Å². The Morgan fingerprint density at radius 3 is 2.37 bits per heavy atom. The topological polar surface area (TPSA) is 36.3 Å². The molecule has 2 bridgehead atoms. The zero-order chi connectivity index (χ0) is 18.4. The Morgan fingerprint density at radius 1 is 0.963 bits per heavy atom. The summed E-state index contributed by atoms with van der Waals surface area (Å²) in [6, 6.07) is 20.3. The second-order valence-electron chi connectivity index (χ2n) is 8.05. The SMILES string of the molecule is CN1[C@@H]2CC[C@H]1CC(OC1c3ccccc3C=C(C#N)c3ccccc31)C2. The van der Waals surface area contributed by atoms with Crippen molar-refractivity contribution in [1.82, 2.24) is 4.90 Å². The van der Waals surface area contributed by atoms with Gasteiger partial charge < -0.3 is 9.64 Å². The fourth-order valence-corrected chi connectivity index (χ4v) is 5.16. The van der Waals surface area contributed by atoms with Crippen molar-refractivity contribution in [3.8, 4) is 6.07 Å². The Morgan fingerprint density at radius 2 is 1.63 bits per heavy atom. The summed E-state index contributed by atoms with van der Waals surface area (Å²) in [6.07, 6.45) is 6.95. The Kier molecular flexibility index (Phi) is 4.11. The number of piperidine rings is 1. The van der Waals surface area contributed by atoms with E-state index in [9.17, 15) is 5.26 Å². The van der Waals surface area contributed by atoms with Crippen LogP contribution >= 0.6 is 0 Å². The summed E-state index contributed by atoms with van der Waals surface area (Å²) in [5.74, 6) is 0. The van der Waals surface area contributed by atoms with E-state index in [4.69, 9.17) is 4.74 Å². The maximum Gasteiger partial charge on any atom is 0.109 e. The van der Waals surface area contributed by atoms with E-state index in [-0.39, 0.29) is 12.2 Å². The van der Waals surface area contributed by atoms with Gasteiger partial charge in [-0.25, -0.2) is 0 Å². The number of benzene rings is 2. The van der Waals surface area contributed by atoms with Crippen LogP contribution in [0, 0.1) is 11.3 Å². The highest BCUT2D eigenvalue weighted by Gasteiger charge is 2.40. The molecule has 2 fully saturated rings. The third-order valence-corrected chi connectivity index (χ3v) is 6.62. The Hall–Kier alpha value is -2.41. The fourth-order valence-electron chi connectivity index (χ4n) is 5.16. The van der Waals surface area contributed by atoms with Crippen LogP contribution in [0.2, 0.25) is 0 Å². The van der Waals surface area contributed by atoms with Gasteiger partial charge in [0.25, 0.3) is 0 Å². The highest BCUT2D eigenvalue weighted by Crippen LogP contribution is 2.42. The number of fused-ring (bicyclic) bond motifs is 4. The number of nitrogens with zero attached hydrogens (tertiary/aromatic N) is 2. The molecule has 5 rings (SSSR count). The quantitative estimate of drug-likeness (QED) is 0.776. The van der Waals surface area contributed by atoms with Crippen LogP contribution in [0.5, 0.6) is 0 Å². The maximum absolute atomic E-state index is 9.74. The predicted octanol–water partition coefficient (Wildman–Crippen LogP) is 4.80. The molecule has 2 aromatic carbocycles. The molecule has 136 valence electrons. The molecule has 0 radical (unpaired) electrons. The van der Waals surface area contributed by atoms with Gasteiger partial charge in [-0.1, -0.05) is 48.5 Å². The van der Waals surface area contributed by atoms with Gasteiger partial charge in [0.1, 0.15) is 6.10 Å². The molecule has 3 heteroatoms. The average Bonchev–Trinajstić information content (AvgIpc) is 2.88. The van der Waals surface area contributed by atoms with Crippen LogP contribution in [0.3, 0.4) is 0 Å². The molecule has 4 atom stereocenters. The lowest BCUT2D eigenvalue weighted by atomic mass is 9.94. The molecule has 3 aliphatic rings. The average molecular weight is 356 g/mol. The van der Waals surface area contributed by atoms with Crippen LogP contribution in [0.4, 0.5) is 0 Å². The van der Waals surface area contributed by atoms with Gasteiger partial charge in [-0.15, -0.1) is 0 Å². The largest absolute Gasteiger partial charge is 0.365 e. The summed E-state index contributed by atoms with van der Waals surface area (Å²) >= 11 is 0. The molecular weight excluding hydrogens is 332 g/mol. The molecule has 2 aliphatic heterocycles. The van der Waals surface area contributed by atoms with E-state index in [1.807, 2.05) is 24.3 Å². The first kappa shape index (κ1) is 16.7. The lowest BCUT2D eigenvalue weighted by Crippen LogP contribution is -2.43. The predicted molar refractivity (Wildman–Crippen MR) is 107 cm³/mol. The lowest BCUT2D eigenvalue weighted by molar-refractivity contribution is -0.0427. The van der Waals surface area contributed by atoms with Gasteiger partial charge in [0.05, 0.1) is 17.7 Å². The first-order valence-electron chi connectivity index (χ1n) is 9.92. The molecule has 0 spiro atoms. The van der Waals surface area contributed by atoms with Crippen LogP contribution in [-0.2, 0) is 4.74 Å². The summed E-state index contributed by atoms with van der Waals surface area (Å²) < 4.78 is 6.82. The molecule has 0 aromatic heterocycles. The minimum Gasteiger partial charge on any atom is -0.365 e. The number of hydrogen-bond acceptors (Lipinski definition) is 3. The summed E-state index contributed by atoms with van der Waals surface area (Å²) in [6.45, 7) is 0. The van der Waals surface area contributed by atoms with Gasteiger partial charge in [-0.05, 0) is 61.1 Å². The molecule has 0 amide bonds. The first-order valence-corrected chi connectivity index (χ1v) is 9.92. The minimum atomic E-state index is -0.118. The lowest BCUT2D eigenvalue weighted by Gasteiger charge is -2.38. The fraction of sp³-hybridized carbons (Fsp3) is 0.375. The third-order valence-electron chi connectivity index (χ3n) is 6.62. The summed E-state index contributed by atoms with van der Waals surface area (Å²) in [5, 5.41) is 9.74. The molecule has 2 unspecified atom stereocenters. The molecule has 2 heterocycles. The van der Waals surface area contributed by atoms with E-state index in [1.165, 1.54) is 18.4 Å². The summed E-state index contributed by atoms with van der Waals surface area (Å²) in [5.41, 5.74) is 5.08. The Bertz CT molecular complexity index is 927. The minimum absolute atomic E-state index is 0.118. The highest BCUT2D eigenvalue weighted by molar-refractivity contribution is 5.92. The molecule has 1 aliphatic carbocycles. The van der Waals surface area contributed by atoms with Gasteiger partial charge >= 0.3 is 0 Å². The van der Waals surface area contributed by atoms with Crippen LogP contribution < -0.4 is 0 Å². The molecule has 0 saturated carbocycles. The normalized spacial score (nSPS) is 29.3. The molecule has 0 N–H and O–H groups in total. The first-order chi connectivity index (χ1) is 13.2. The van der Waals surface area contributed by atoms with Crippen LogP contribution in [0.15, 0.2) is 48.5 Å². The summed E-state index contributed by atoms with van der Waals surface area (Å²) in [4.78, 5) is 2.55. The number of nitriles is 1. The van der Waals surface area contributed by atoms with Crippen molar-refractivity contribution in [2.24, 2.45) is 0 Å². The van der Waals surface area contributed by atoms with Gasteiger partial charge in [0.2, 0.25) is 0 Å². The molecule has 3 nitrogen and oxygen atoms in total. The van der Waals surface area contributed by atoms with Crippen molar-refractivity contribution in [1.29, 1.82) is 5.26 Å². The van der Waals surface area contributed by atoms with E-state index in [1.54, 1.807) is 0 Å². The zero-order valence-electron chi connectivity index (χ0n) is 15.6. The van der Waals surface area contributed by atoms with Gasteiger partial charge in [-0.3, -0.25) is 0 Å². The van der Waals surface area contributed by atoms with Gasteiger partial charge in [0, 0.05) is 12.1 Å². The van der Waals surface area contributed by atoms with Crippen molar-refractivity contribution in [3.63, 3.8) is 0 Å². The number of allylic oxidation sites excluding steroid dienone is 1. The standard InChI is InChI=1S/C24H24N2O/c1-26-18-10-11-19(26)14-20(13-18)27-24-22-8-3-2-6-16(22)12-17(15-25)21-7-4-5-9-23(21)24/h2-9,12,18-20,24H,10-11,13-14H2,1H3/t18-,19+,20?,24?. The summed E-state index contributed by atoms with van der Waals surface area (Å²) in [7, 11) is 2.26. The Labute approximate surface area is 160 Å². The van der Waals surface area contributed by atoms with Gasteiger partial charge in [0.15, 0.2) is 0 Å². The highest BCUT2D eigenvalue weighted by atomic mass is 16.5. The van der Waals surface area contributed by atoms with E-state index in [2.05, 4.69) is 48.3 Å². The molecule has 27 heavy (non-hydrogen) atoms. The molecule has 2 saturated heterocycles.